The zero-order valence-corrected chi connectivity index (χ0v) is 31.5. The fourth-order valence-electron chi connectivity index (χ4n) is 4.74. The molecule has 1 rings (SSSR count). The van der Waals surface area contributed by atoms with Crippen LogP contribution in [0.5, 0.6) is 0 Å². The van der Waals surface area contributed by atoms with Gasteiger partial charge in [-0.2, -0.15) is 0 Å². The van der Waals surface area contributed by atoms with Crippen LogP contribution in [0.15, 0.2) is 0 Å². The minimum atomic E-state index is -0.758. The molecule has 44 heavy (non-hydrogen) atoms. The van der Waals surface area contributed by atoms with E-state index in [1.807, 2.05) is 27.7 Å². The van der Waals surface area contributed by atoms with Crippen molar-refractivity contribution >= 4 is 31.1 Å². The van der Waals surface area contributed by atoms with Crippen molar-refractivity contribution < 1.29 is 24.0 Å². The van der Waals surface area contributed by atoms with E-state index in [2.05, 4.69) is 60.7 Å². The molecule has 0 bridgehead atoms. The van der Waals surface area contributed by atoms with Crippen LogP contribution in [0.25, 0.3) is 0 Å². The summed E-state index contributed by atoms with van der Waals surface area (Å²) in [6, 6.07) is 0.107. The lowest BCUT2D eigenvalue weighted by Crippen LogP contribution is -2.35. The number of ketones is 1. The van der Waals surface area contributed by atoms with E-state index in [-0.39, 0.29) is 17.7 Å². The van der Waals surface area contributed by atoms with Crippen LogP contribution in [0.3, 0.4) is 0 Å². The molecule has 1 amide bonds. The van der Waals surface area contributed by atoms with Gasteiger partial charge in [0.15, 0.2) is 0 Å². The number of unbranched alkanes of at least 4 members (excludes halogenated alkanes) is 2. The van der Waals surface area contributed by atoms with Crippen LogP contribution in [-0.4, -0.2) is 44.1 Å². The van der Waals surface area contributed by atoms with E-state index in [0.29, 0.717) is 17.8 Å². The quantitative estimate of drug-likeness (QED) is 0.137. The van der Waals surface area contributed by atoms with Crippen LogP contribution in [0, 0.1) is 23.7 Å². The highest BCUT2D eigenvalue weighted by molar-refractivity contribution is 6.36. The molecule has 0 saturated heterocycles. The van der Waals surface area contributed by atoms with Crippen molar-refractivity contribution in [3.8, 4) is 0 Å². The molecule has 266 valence electrons. The zero-order chi connectivity index (χ0) is 35.8. The van der Waals surface area contributed by atoms with E-state index in [4.69, 9.17) is 15.3 Å². The van der Waals surface area contributed by atoms with Crippen LogP contribution in [0.4, 0.5) is 0 Å². The Morgan fingerprint density at radius 2 is 1.27 bits per heavy atom. The van der Waals surface area contributed by atoms with Gasteiger partial charge in [-0.1, -0.05) is 140 Å². The summed E-state index contributed by atoms with van der Waals surface area (Å²) in [5.41, 5.74) is 5.23. The average Bonchev–Trinajstić information content (AvgIpc) is 3.06. The van der Waals surface area contributed by atoms with Crippen molar-refractivity contribution in [1.82, 2.24) is 5.32 Å². The third kappa shape index (κ3) is 36.3. The third-order valence-electron chi connectivity index (χ3n) is 7.48. The van der Waals surface area contributed by atoms with Crippen molar-refractivity contribution in [1.29, 1.82) is 0 Å². The molecule has 0 aromatic carbocycles. The molecule has 7 nitrogen and oxygen atoms in total. The van der Waals surface area contributed by atoms with E-state index in [1.54, 1.807) is 0 Å². The SMILES string of the molecule is C=O.CC.CC=O.CCC.CCCC.CCCCC(CC)C(CC(CC)CC)C(=O)C(N)=O.CNC(C=O)C1CCCCC1. The lowest BCUT2D eigenvalue weighted by molar-refractivity contribution is -0.140. The van der Waals surface area contributed by atoms with Gasteiger partial charge < -0.3 is 25.4 Å². The van der Waals surface area contributed by atoms with Gasteiger partial charge in [0.05, 0.1) is 6.04 Å². The Labute approximate surface area is 275 Å². The molecule has 7 heteroatoms. The first-order chi connectivity index (χ1) is 21.1. The summed E-state index contributed by atoms with van der Waals surface area (Å²) in [5, 5.41) is 3.05. The maximum Gasteiger partial charge on any atom is 0.285 e. The molecule has 3 N–H and O–H groups in total. The van der Waals surface area contributed by atoms with Gasteiger partial charge in [0.1, 0.15) is 19.4 Å². The van der Waals surface area contributed by atoms with Crippen molar-refractivity contribution in [2.75, 3.05) is 7.05 Å². The number of Topliss-reactive ketones (excluding diaryl/α,β-unsaturated/α-hetero) is 1. The second kappa shape index (κ2) is 48.0. The second-order valence-electron chi connectivity index (χ2n) is 10.9. The van der Waals surface area contributed by atoms with E-state index in [9.17, 15) is 14.4 Å². The Hall–Kier alpha value is -1.89. The molecule has 1 aliphatic carbocycles. The first kappa shape index (κ1) is 54.6. The molecule has 0 aromatic rings. The normalized spacial score (nSPS) is 13.6. The maximum absolute atomic E-state index is 12.1. The van der Waals surface area contributed by atoms with E-state index in [1.165, 1.54) is 58.3 Å². The topological polar surface area (TPSA) is 123 Å². The number of nitrogens with one attached hydrogen (secondary N) is 1. The van der Waals surface area contributed by atoms with Crippen LogP contribution >= 0.6 is 0 Å². The number of amides is 1. The summed E-state index contributed by atoms with van der Waals surface area (Å²) in [6.45, 7) is 24.6. The van der Waals surface area contributed by atoms with Crippen molar-refractivity contribution in [2.24, 2.45) is 29.4 Å². The van der Waals surface area contributed by atoms with Gasteiger partial charge in [0.2, 0.25) is 5.78 Å². The molecular formula is C37H78N2O5. The highest BCUT2D eigenvalue weighted by atomic mass is 16.2. The second-order valence-corrected chi connectivity index (χ2v) is 10.9. The maximum atomic E-state index is 12.1. The monoisotopic (exact) mass is 631 g/mol. The van der Waals surface area contributed by atoms with E-state index < -0.39 is 5.91 Å². The van der Waals surface area contributed by atoms with Gasteiger partial charge in [0.25, 0.3) is 5.91 Å². The lowest BCUT2D eigenvalue weighted by Gasteiger charge is -2.27. The fourth-order valence-corrected chi connectivity index (χ4v) is 4.74. The molecule has 3 unspecified atom stereocenters. The Morgan fingerprint density at radius 3 is 1.55 bits per heavy atom. The number of carbonyl (C=O) groups excluding carboxylic acids is 5. The molecule has 0 radical (unpaired) electrons. The molecule has 1 fully saturated rings. The van der Waals surface area contributed by atoms with Crippen molar-refractivity contribution in [2.45, 2.75) is 179 Å². The number of primary amides is 1. The van der Waals surface area contributed by atoms with Gasteiger partial charge in [-0.3, -0.25) is 9.59 Å². The highest BCUT2D eigenvalue weighted by Crippen LogP contribution is 2.31. The molecule has 0 aromatic heterocycles. The number of likely N-dealkylation sites (N-methyl/N-ethyl adjacent to an activating group) is 1. The first-order valence-corrected chi connectivity index (χ1v) is 17.8. The summed E-state index contributed by atoms with van der Waals surface area (Å²) in [6.07, 6.45) is 19.2. The number of rotatable bonds is 15. The van der Waals surface area contributed by atoms with E-state index >= 15 is 0 Å². The molecule has 1 saturated carbocycles. The minimum Gasteiger partial charge on any atom is -0.363 e. The molecule has 0 aliphatic heterocycles. The zero-order valence-electron chi connectivity index (χ0n) is 31.5. The molecule has 1 aliphatic rings. The van der Waals surface area contributed by atoms with Gasteiger partial charge in [0, 0.05) is 5.92 Å². The van der Waals surface area contributed by atoms with Crippen molar-refractivity contribution in [3.05, 3.63) is 0 Å². The predicted octanol–water partition coefficient (Wildman–Crippen LogP) is 9.32. The third-order valence-corrected chi connectivity index (χ3v) is 7.48. The average molecular weight is 631 g/mol. The van der Waals surface area contributed by atoms with Crippen molar-refractivity contribution in [3.63, 3.8) is 0 Å². The largest absolute Gasteiger partial charge is 0.363 e. The van der Waals surface area contributed by atoms with Crippen LogP contribution in [-0.2, 0) is 24.0 Å². The molecule has 0 spiro atoms. The minimum absolute atomic E-state index is 0.107. The summed E-state index contributed by atoms with van der Waals surface area (Å²) in [5.74, 6) is 0.149. The smallest absolute Gasteiger partial charge is 0.285 e. The Balaban J connectivity index is -0.000000121. The number of aldehydes is 2. The number of hydrogen-bond acceptors (Lipinski definition) is 6. The first-order valence-electron chi connectivity index (χ1n) is 17.8. The molecular weight excluding hydrogens is 552 g/mol. The Morgan fingerprint density at radius 1 is 0.841 bits per heavy atom. The number of carbonyl (C=O) groups is 5. The van der Waals surface area contributed by atoms with E-state index in [0.717, 1.165) is 57.5 Å². The summed E-state index contributed by atoms with van der Waals surface area (Å²) >= 11 is 0. The van der Waals surface area contributed by atoms with Gasteiger partial charge in [-0.25, -0.2) is 0 Å². The Kier molecular flexibility index (Phi) is 59.6. The summed E-state index contributed by atoms with van der Waals surface area (Å²) in [4.78, 5) is 50.7. The number of hydrogen-bond donors (Lipinski definition) is 2. The van der Waals surface area contributed by atoms with Gasteiger partial charge in [-0.15, -0.1) is 0 Å². The van der Waals surface area contributed by atoms with Crippen LogP contribution in [0.1, 0.15) is 172 Å². The molecule has 0 heterocycles. The highest BCUT2D eigenvalue weighted by Gasteiger charge is 2.31. The fraction of sp³-hybridized carbons (Fsp3) is 0.865. The molecule has 3 atom stereocenters. The van der Waals surface area contributed by atoms with Crippen LogP contribution in [0.2, 0.25) is 0 Å². The summed E-state index contributed by atoms with van der Waals surface area (Å²) in [7, 11) is 1.87. The summed E-state index contributed by atoms with van der Waals surface area (Å²) < 4.78 is 0. The Bertz CT molecular complexity index is 574. The van der Waals surface area contributed by atoms with Gasteiger partial charge >= 0.3 is 0 Å². The van der Waals surface area contributed by atoms with Crippen LogP contribution < -0.4 is 11.1 Å². The lowest BCUT2D eigenvalue weighted by atomic mass is 9.76. The standard InChI is InChI=1S/C16H31NO2.C9H17NO.C4H10.C3H8.C2H4O.C2H6.CH2O/c1-5-9-10-13(8-4)14(15(18)16(17)19)11-12(6-2)7-3;1-10-9(7-11)8-5-3-2-4-6-8;1-3-4-2;1-3-2;1-2-3;2*1-2/h12-14H,5-11H2,1-4H3,(H2,17,19);7-10H,2-6H2,1H3;3-4H2,1-2H3;3H2,1-2H3;2H,1H3;1-2H3;1H2. The predicted molar refractivity (Wildman–Crippen MR) is 192 cm³/mol. The van der Waals surface area contributed by atoms with Gasteiger partial charge in [-0.05, 0) is 57.4 Å². The number of nitrogens with two attached hydrogens (primary N) is 1.